The van der Waals surface area contributed by atoms with Gasteiger partial charge in [0, 0.05) is 30.1 Å². The molecule has 0 aliphatic carbocycles. The first-order chi connectivity index (χ1) is 10.0. The zero-order valence-electron chi connectivity index (χ0n) is 11.9. The average Bonchev–Trinajstić information content (AvgIpc) is 2.78. The quantitative estimate of drug-likeness (QED) is 0.825. The van der Waals surface area contributed by atoms with E-state index in [-0.39, 0.29) is 17.2 Å². The Morgan fingerprint density at radius 3 is 2.86 bits per heavy atom. The van der Waals surface area contributed by atoms with E-state index in [1.54, 1.807) is 35.3 Å². The number of methoxy groups -OCH3 is 1. The van der Waals surface area contributed by atoms with Crippen LogP contribution in [0.3, 0.4) is 0 Å². The molecule has 6 nitrogen and oxygen atoms in total. The van der Waals surface area contributed by atoms with Gasteiger partial charge in [0.25, 0.3) is 0 Å². The molecular weight excluding hydrogens is 290 g/mol. The molecule has 2 aromatic rings. The zero-order valence-corrected chi connectivity index (χ0v) is 12.7. The monoisotopic (exact) mass is 307 g/mol. The van der Waals surface area contributed by atoms with Gasteiger partial charge in [-0.1, -0.05) is 11.3 Å². The summed E-state index contributed by atoms with van der Waals surface area (Å²) >= 11 is 1.13. The van der Waals surface area contributed by atoms with Crippen LogP contribution in [-0.2, 0) is 11.3 Å². The number of nitrogens with two attached hydrogens (primary N) is 1. The van der Waals surface area contributed by atoms with Crippen molar-refractivity contribution in [2.45, 2.75) is 19.9 Å². The number of hydrogen-bond donors (Lipinski definition) is 2. The fourth-order valence-electron chi connectivity index (χ4n) is 1.87. The molecule has 0 bridgehead atoms. The van der Waals surface area contributed by atoms with Crippen molar-refractivity contribution < 1.29 is 9.53 Å². The van der Waals surface area contributed by atoms with Crippen LogP contribution in [-0.4, -0.2) is 17.6 Å². The molecule has 7 heteroatoms. The van der Waals surface area contributed by atoms with E-state index in [4.69, 9.17) is 10.5 Å². The maximum atomic E-state index is 12.0. The lowest BCUT2D eigenvalue weighted by Gasteiger charge is -2.10. The maximum Gasteiger partial charge on any atom is 0.307 e. The lowest BCUT2D eigenvalue weighted by atomic mass is 10.2. The largest absolute Gasteiger partial charge is 0.497 e. The van der Waals surface area contributed by atoms with Gasteiger partial charge in [0.15, 0.2) is 0 Å². The molecule has 0 fully saturated rings. The molecule has 3 N–H and O–H groups in total. The van der Waals surface area contributed by atoms with Crippen LogP contribution in [0.15, 0.2) is 28.4 Å². The van der Waals surface area contributed by atoms with Gasteiger partial charge in [0.1, 0.15) is 5.75 Å². The number of nitrogen functional groups attached to an aromatic ring is 1. The summed E-state index contributed by atoms with van der Waals surface area (Å²) in [5.41, 5.74) is 7.64. The molecule has 0 atom stereocenters. The van der Waals surface area contributed by atoms with Crippen LogP contribution in [0.5, 0.6) is 5.75 Å². The van der Waals surface area contributed by atoms with Crippen molar-refractivity contribution in [3.63, 3.8) is 0 Å². The van der Waals surface area contributed by atoms with Crippen molar-refractivity contribution in [3.05, 3.63) is 38.9 Å². The van der Waals surface area contributed by atoms with E-state index >= 15 is 0 Å². The van der Waals surface area contributed by atoms with Gasteiger partial charge < -0.3 is 20.4 Å². The number of anilines is 2. The fourth-order valence-corrected chi connectivity index (χ4v) is 2.63. The SMILES string of the molecule is COc1ccc(N)c(NC(=O)CCn2c(C)csc2=O)c1. The molecule has 1 heterocycles. The van der Waals surface area contributed by atoms with Crippen LogP contribution >= 0.6 is 11.3 Å². The zero-order chi connectivity index (χ0) is 15.4. The Labute approximate surface area is 126 Å². The highest BCUT2D eigenvalue weighted by molar-refractivity contribution is 7.07. The molecular formula is C14H17N3O3S. The summed E-state index contributed by atoms with van der Waals surface area (Å²) in [6.45, 7) is 2.19. The Kier molecular flexibility index (Phi) is 4.64. The number of thiazole rings is 1. The molecule has 1 amide bonds. The van der Waals surface area contributed by atoms with E-state index < -0.39 is 0 Å². The van der Waals surface area contributed by atoms with Gasteiger partial charge in [-0.25, -0.2) is 0 Å². The number of hydrogen-bond acceptors (Lipinski definition) is 5. The molecule has 2 rings (SSSR count). The highest BCUT2D eigenvalue weighted by Gasteiger charge is 2.09. The number of nitrogens with one attached hydrogen (secondary N) is 1. The number of benzene rings is 1. The first-order valence-corrected chi connectivity index (χ1v) is 7.27. The Morgan fingerprint density at radius 1 is 1.48 bits per heavy atom. The lowest BCUT2D eigenvalue weighted by Crippen LogP contribution is -2.20. The van der Waals surface area contributed by atoms with Crippen molar-refractivity contribution in [2.24, 2.45) is 0 Å². The smallest absolute Gasteiger partial charge is 0.307 e. The minimum Gasteiger partial charge on any atom is -0.497 e. The molecule has 21 heavy (non-hydrogen) atoms. The fraction of sp³-hybridized carbons (Fsp3) is 0.286. The molecule has 0 spiro atoms. The van der Waals surface area contributed by atoms with Gasteiger partial charge in [-0.05, 0) is 19.1 Å². The minimum absolute atomic E-state index is 0.0544. The summed E-state index contributed by atoms with van der Waals surface area (Å²) in [5, 5.41) is 4.51. The van der Waals surface area contributed by atoms with E-state index in [0.717, 1.165) is 17.0 Å². The normalized spacial score (nSPS) is 10.4. The van der Waals surface area contributed by atoms with Gasteiger partial charge in [0.05, 0.1) is 18.5 Å². The number of aryl methyl sites for hydroxylation is 1. The van der Waals surface area contributed by atoms with Gasteiger partial charge in [-0.2, -0.15) is 0 Å². The van der Waals surface area contributed by atoms with E-state index in [1.165, 1.54) is 0 Å². The second-order valence-electron chi connectivity index (χ2n) is 4.55. The summed E-state index contributed by atoms with van der Waals surface area (Å²) < 4.78 is 6.67. The van der Waals surface area contributed by atoms with Crippen LogP contribution in [0.25, 0.3) is 0 Å². The van der Waals surface area contributed by atoms with Gasteiger partial charge >= 0.3 is 4.87 Å². The molecule has 112 valence electrons. The highest BCUT2D eigenvalue weighted by atomic mass is 32.1. The van der Waals surface area contributed by atoms with E-state index in [1.807, 2.05) is 6.92 Å². The number of aromatic nitrogens is 1. The first kappa shape index (κ1) is 15.1. The van der Waals surface area contributed by atoms with E-state index in [0.29, 0.717) is 23.7 Å². The van der Waals surface area contributed by atoms with Crippen molar-refractivity contribution in [1.29, 1.82) is 0 Å². The van der Waals surface area contributed by atoms with Crippen LogP contribution in [0.2, 0.25) is 0 Å². The number of carbonyl (C=O) groups excluding carboxylic acids is 1. The molecule has 0 radical (unpaired) electrons. The third kappa shape index (κ3) is 3.63. The molecule has 0 saturated carbocycles. The third-order valence-corrected chi connectivity index (χ3v) is 3.95. The second-order valence-corrected chi connectivity index (χ2v) is 5.37. The summed E-state index contributed by atoms with van der Waals surface area (Å²) in [4.78, 5) is 23.5. The van der Waals surface area contributed by atoms with Crippen LogP contribution < -0.4 is 20.7 Å². The van der Waals surface area contributed by atoms with Crippen LogP contribution in [0, 0.1) is 6.92 Å². The predicted molar refractivity (Wildman–Crippen MR) is 84.0 cm³/mol. The Bertz CT molecular complexity index is 706. The average molecular weight is 307 g/mol. The van der Waals surface area contributed by atoms with Crippen LogP contribution in [0.1, 0.15) is 12.1 Å². The second kappa shape index (κ2) is 6.45. The van der Waals surface area contributed by atoms with Crippen molar-refractivity contribution in [3.8, 4) is 5.75 Å². The number of rotatable bonds is 5. The molecule has 0 saturated heterocycles. The Hall–Kier alpha value is -2.28. The minimum atomic E-state index is -0.201. The number of nitrogens with zero attached hydrogens (tertiary/aromatic N) is 1. The summed E-state index contributed by atoms with van der Waals surface area (Å²) in [7, 11) is 1.54. The lowest BCUT2D eigenvalue weighted by molar-refractivity contribution is -0.116. The Morgan fingerprint density at radius 2 is 2.24 bits per heavy atom. The molecule has 1 aromatic carbocycles. The van der Waals surface area contributed by atoms with Crippen molar-refractivity contribution >= 4 is 28.6 Å². The predicted octanol–water partition coefficient (Wildman–Crippen LogP) is 1.84. The maximum absolute atomic E-state index is 12.0. The molecule has 1 aromatic heterocycles. The number of amides is 1. The van der Waals surface area contributed by atoms with Gasteiger partial charge in [-0.3, -0.25) is 9.59 Å². The summed E-state index contributed by atoms with van der Waals surface area (Å²) in [6.07, 6.45) is 0.203. The number of carbonyl (C=O) groups is 1. The van der Waals surface area contributed by atoms with Gasteiger partial charge in [-0.15, -0.1) is 0 Å². The standard InChI is InChI=1S/C14H17N3O3S/c1-9-8-21-14(19)17(9)6-5-13(18)16-12-7-10(20-2)3-4-11(12)15/h3-4,7-8H,5-6,15H2,1-2H3,(H,16,18). The molecule has 0 unspecified atom stereocenters. The molecule has 0 aliphatic heterocycles. The topological polar surface area (TPSA) is 86.3 Å². The van der Waals surface area contributed by atoms with E-state index in [9.17, 15) is 9.59 Å². The highest BCUT2D eigenvalue weighted by Crippen LogP contribution is 2.24. The summed E-state index contributed by atoms with van der Waals surface area (Å²) in [6, 6.07) is 5.05. The number of ether oxygens (including phenoxy) is 1. The third-order valence-electron chi connectivity index (χ3n) is 3.07. The molecule has 0 aliphatic rings. The summed E-state index contributed by atoms with van der Waals surface area (Å²) in [5.74, 6) is 0.414. The van der Waals surface area contributed by atoms with E-state index in [2.05, 4.69) is 5.32 Å². The van der Waals surface area contributed by atoms with Crippen molar-refractivity contribution in [2.75, 3.05) is 18.2 Å². The first-order valence-electron chi connectivity index (χ1n) is 6.39. The Balaban J connectivity index is 2.01. The van der Waals surface area contributed by atoms with Crippen molar-refractivity contribution in [1.82, 2.24) is 4.57 Å². The van der Waals surface area contributed by atoms with Gasteiger partial charge in [0.2, 0.25) is 5.91 Å². The van der Waals surface area contributed by atoms with Crippen LogP contribution in [0.4, 0.5) is 11.4 Å².